The van der Waals surface area contributed by atoms with Gasteiger partial charge in [-0.25, -0.2) is 0 Å². The van der Waals surface area contributed by atoms with Crippen LogP contribution in [0.25, 0.3) is 0 Å². The van der Waals surface area contributed by atoms with Gasteiger partial charge in [0.15, 0.2) is 0 Å². The van der Waals surface area contributed by atoms with E-state index in [1.54, 1.807) is 24.3 Å². The molecule has 6 nitrogen and oxygen atoms in total. The number of nitrogens with one attached hydrogen (secondary N) is 3. The van der Waals surface area contributed by atoms with Crippen LogP contribution in [-0.4, -0.2) is 24.3 Å². The van der Waals surface area contributed by atoms with E-state index in [4.69, 9.17) is 11.6 Å². The van der Waals surface area contributed by atoms with Gasteiger partial charge in [0.25, 0.3) is 11.8 Å². The first-order valence-electron chi connectivity index (χ1n) is 9.17. The number of benzene rings is 1. The number of hydrazine groups is 1. The summed E-state index contributed by atoms with van der Waals surface area (Å²) in [7, 11) is 0. The standard InChI is InChI=1S/C20H22ClN3O3S/c1-12-2-7-16-14(10-12)11-17(28-16)20(27)24-23-18(25)8-9-22-19(26)13-3-5-15(21)6-4-13/h3-6,11-12H,2,7-10H2,1H3,(H,22,26)(H,23,25)(H,24,27)/t12-/m1/s1. The van der Waals surface area contributed by atoms with E-state index in [2.05, 4.69) is 23.1 Å². The van der Waals surface area contributed by atoms with E-state index in [0.29, 0.717) is 21.4 Å². The number of aryl methyl sites for hydroxylation is 1. The quantitative estimate of drug-likeness (QED) is 0.651. The molecule has 1 aromatic heterocycles. The first-order valence-corrected chi connectivity index (χ1v) is 10.4. The van der Waals surface area contributed by atoms with Crippen LogP contribution in [0.1, 0.15) is 50.2 Å². The number of halogens is 1. The number of carbonyl (C=O) groups excluding carboxylic acids is 3. The number of amides is 3. The Morgan fingerprint density at radius 1 is 1.14 bits per heavy atom. The maximum atomic E-state index is 12.2. The molecule has 148 valence electrons. The van der Waals surface area contributed by atoms with Crippen molar-refractivity contribution < 1.29 is 14.4 Å². The second-order valence-corrected chi connectivity index (χ2v) is 8.50. The largest absolute Gasteiger partial charge is 0.352 e. The van der Waals surface area contributed by atoms with Gasteiger partial charge in [-0.3, -0.25) is 25.2 Å². The van der Waals surface area contributed by atoms with Crippen molar-refractivity contribution in [3.8, 4) is 0 Å². The monoisotopic (exact) mass is 419 g/mol. The lowest BCUT2D eigenvalue weighted by molar-refractivity contribution is -0.121. The number of carbonyl (C=O) groups is 3. The lowest BCUT2D eigenvalue weighted by Gasteiger charge is -2.16. The van der Waals surface area contributed by atoms with E-state index < -0.39 is 0 Å². The summed E-state index contributed by atoms with van der Waals surface area (Å²) in [5.74, 6) is -0.335. The van der Waals surface area contributed by atoms with Crippen LogP contribution in [0.5, 0.6) is 0 Å². The second-order valence-electron chi connectivity index (χ2n) is 6.92. The Bertz CT molecular complexity index is 879. The minimum atomic E-state index is -0.375. The van der Waals surface area contributed by atoms with Gasteiger partial charge in [-0.1, -0.05) is 18.5 Å². The molecule has 1 aliphatic carbocycles. The average Bonchev–Trinajstić information content (AvgIpc) is 3.09. The van der Waals surface area contributed by atoms with E-state index in [9.17, 15) is 14.4 Å². The summed E-state index contributed by atoms with van der Waals surface area (Å²) in [5, 5.41) is 3.20. The van der Waals surface area contributed by atoms with Crippen LogP contribution in [0.2, 0.25) is 5.02 Å². The molecule has 0 fully saturated rings. The summed E-state index contributed by atoms with van der Waals surface area (Å²) < 4.78 is 0. The Kier molecular flexibility index (Phi) is 6.70. The molecule has 2 aromatic rings. The van der Waals surface area contributed by atoms with Crippen LogP contribution in [0.3, 0.4) is 0 Å². The second kappa shape index (κ2) is 9.21. The van der Waals surface area contributed by atoms with Gasteiger partial charge in [-0.2, -0.15) is 0 Å². The fraction of sp³-hybridized carbons (Fsp3) is 0.350. The van der Waals surface area contributed by atoms with Gasteiger partial charge in [0.1, 0.15) is 0 Å². The molecule has 8 heteroatoms. The van der Waals surface area contributed by atoms with Gasteiger partial charge in [0, 0.05) is 28.4 Å². The van der Waals surface area contributed by atoms with Crippen molar-refractivity contribution in [1.82, 2.24) is 16.2 Å². The van der Waals surface area contributed by atoms with E-state index in [-0.39, 0.29) is 30.7 Å². The first kappa shape index (κ1) is 20.4. The van der Waals surface area contributed by atoms with Gasteiger partial charge in [0.2, 0.25) is 5.91 Å². The van der Waals surface area contributed by atoms with Crippen molar-refractivity contribution in [2.75, 3.05) is 6.54 Å². The highest BCUT2D eigenvalue weighted by molar-refractivity contribution is 7.14. The zero-order valence-corrected chi connectivity index (χ0v) is 17.1. The molecule has 0 saturated carbocycles. The third-order valence-corrected chi connectivity index (χ3v) is 6.10. The Morgan fingerprint density at radius 3 is 2.64 bits per heavy atom. The molecule has 0 radical (unpaired) electrons. The molecular formula is C20H22ClN3O3S. The smallest absolute Gasteiger partial charge is 0.279 e. The summed E-state index contributed by atoms with van der Waals surface area (Å²) >= 11 is 7.27. The highest BCUT2D eigenvalue weighted by atomic mass is 35.5. The van der Waals surface area contributed by atoms with Gasteiger partial charge >= 0.3 is 0 Å². The molecule has 3 N–H and O–H groups in total. The molecule has 3 rings (SSSR count). The maximum Gasteiger partial charge on any atom is 0.279 e. The van der Waals surface area contributed by atoms with Crippen LogP contribution >= 0.6 is 22.9 Å². The molecule has 1 atom stereocenters. The minimum absolute atomic E-state index is 0.0536. The van der Waals surface area contributed by atoms with Gasteiger partial charge in [0.05, 0.1) is 4.88 Å². The highest BCUT2D eigenvalue weighted by Crippen LogP contribution is 2.32. The molecular weight excluding hydrogens is 398 g/mol. The Balaban J connectivity index is 1.40. The number of fused-ring (bicyclic) bond motifs is 1. The van der Waals surface area contributed by atoms with Gasteiger partial charge in [-0.05, 0) is 61.1 Å². The van der Waals surface area contributed by atoms with Crippen LogP contribution in [-0.2, 0) is 17.6 Å². The van der Waals surface area contributed by atoms with Gasteiger partial charge in [-0.15, -0.1) is 11.3 Å². The van der Waals surface area contributed by atoms with Crippen molar-refractivity contribution in [3.05, 3.63) is 56.2 Å². The fourth-order valence-electron chi connectivity index (χ4n) is 3.06. The zero-order chi connectivity index (χ0) is 20.1. The van der Waals surface area contributed by atoms with Gasteiger partial charge < -0.3 is 5.32 Å². The number of thiophene rings is 1. The lowest BCUT2D eigenvalue weighted by Crippen LogP contribution is -2.42. The molecule has 0 unspecified atom stereocenters. The maximum absolute atomic E-state index is 12.2. The van der Waals surface area contributed by atoms with Crippen molar-refractivity contribution in [3.63, 3.8) is 0 Å². The van der Waals surface area contributed by atoms with Crippen LogP contribution in [0.15, 0.2) is 30.3 Å². The summed E-state index contributed by atoms with van der Waals surface area (Å²) in [5.41, 5.74) is 6.54. The molecule has 1 aromatic carbocycles. The number of rotatable bonds is 5. The number of hydrogen-bond donors (Lipinski definition) is 3. The molecule has 1 aliphatic rings. The summed E-state index contributed by atoms with van der Waals surface area (Å²) in [4.78, 5) is 38.0. The fourth-order valence-corrected chi connectivity index (χ4v) is 4.29. The number of hydrogen-bond acceptors (Lipinski definition) is 4. The van der Waals surface area contributed by atoms with Crippen molar-refractivity contribution in [1.29, 1.82) is 0 Å². The SMILES string of the molecule is C[C@@H]1CCc2sc(C(=O)NNC(=O)CCNC(=O)c3ccc(Cl)cc3)cc2C1. The Hall–Kier alpha value is -2.38. The third-order valence-electron chi connectivity index (χ3n) is 4.61. The van der Waals surface area contributed by atoms with E-state index in [0.717, 1.165) is 19.3 Å². The zero-order valence-electron chi connectivity index (χ0n) is 15.5. The van der Waals surface area contributed by atoms with Crippen molar-refractivity contribution in [2.24, 2.45) is 5.92 Å². The molecule has 0 saturated heterocycles. The third kappa shape index (κ3) is 5.33. The Labute approximate surface area is 172 Å². The molecule has 0 spiro atoms. The van der Waals surface area contributed by atoms with E-state index in [1.165, 1.54) is 21.8 Å². The predicted molar refractivity (Wildman–Crippen MR) is 110 cm³/mol. The molecule has 1 heterocycles. The van der Waals surface area contributed by atoms with E-state index >= 15 is 0 Å². The molecule has 28 heavy (non-hydrogen) atoms. The predicted octanol–water partition coefficient (Wildman–Crippen LogP) is 3.11. The molecule has 0 bridgehead atoms. The first-order chi connectivity index (χ1) is 13.4. The summed E-state index contributed by atoms with van der Waals surface area (Å²) in [6.45, 7) is 2.38. The van der Waals surface area contributed by atoms with Crippen LogP contribution in [0.4, 0.5) is 0 Å². The van der Waals surface area contributed by atoms with Crippen LogP contribution < -0.4 is 16.2 Å². The van der Waals surface area contributed by atoms with E-state index in [1.807, 2.05) is 6.07 Å². The topological polar surface area (TPSA) is 87.3 Å². The molecule has 3 amide bonds. The minimum Gasteiger partial charge on any atom is -0.352 e. The van der Waals surface area contributed by atoms with Crippen molar-refractivity contribution >= 4 is 40.7 Å². The van der Waals surface area contributed by atoms with Crippen LogP contribution in [0, 0.1) is 5.92 Å². The van der Waals surface area contributed by atoms with Crippen molar-refractivity contribution in [2.45, 2.75) is 32.6 Å². The summed E-state index contributed by atoms with van der Waals surface area (Å²) in [6, 6.07) is 8.39. The summed E-state index contributed by atoms with van der Waals surface area (Å²) in [6.07, 6.45) is 3.21. The lowest BCUT2D eigenvalue weighted by atomic mass is 9.90. The molecule has 0 aliphatic heterocycles. The Morgan fingerprint density at radius 2 is 1.89 bits per heavy atom. The average molecular weight is 420 g/mol. The highest BCUT2D eigenvalue weighted by Gasteiger charge is 2.20. The normalized spacial score (nSPS) is 15.4.